The van der Waals surface area contributed by atoms with E-state index in [1.807, 2.05) is 18.2 Å². The van der Waals surface area contributed by atoms with E-state index in [1.165, 1.54) is 5.56 Å². The molecule has 16 heavy (non-hydrogen) atoms. The van der Waals surface area contributed by atoms with E-state index < -0.39 is 0 Å². The topological polar surface area (TPSA) is 38.5 Å². The first-order valence-electron chi connectivity index (χ1n) is 5.75. The van der Waals surface area contributed by atoms with Crippen LogP contribution in [0.5, 0.6) is 0 Å². The number of nitrogens with zero attached hydrogens (tertiary/aromatic N) is 1. The van der Waals surface area contributed by atoms with Gasteiger partial charge in [-0.15, -0.1) is 0 Å². The molecule has 2 rings (SSSR count). The number of benzene rings is 1. The van der Waals surface area contributed by atoms with Crippen LogP contribution in [0.1, 0.15) is 19.4 Å². The van der Waals surface area contributed by atoms with Crippen LogP contribution in [-0.2, 0) is 11.3 Å². The molecular weight excluding hydrogens is 200 g/mol. The van der Waals surface area contributed by atoms with Gasteiger partial charge in [0, 0.05) is 24.3 Å². The minimum Gasteiger partial charge on any atom is -0.399 e. The highest BCUT2D eigenvalue weighted by molar-refractivity contribution is 5.40. The van der Waals surface area contributed by atoms with E-state index in [4.69, 9.17) is 10.5 Å². The summed E-state index contributed by atoms with van der Waals surface area (Å²) in [6, 6.07) is 8.11. The van der Waals surface area contributed by atoms with Crippen LogP contribution < -0.4 is 5.73 Å². The third kappa shape index (κ3) is 2.54. The third-order valence-electron chi connectivity index (χ3n) is 3.14. The zero-order chi connectivity index (χ0) is 11.6. The first-order valence-corrected chi connectivity index (χ1v) is 5.75. The lowest BCUT2D eigenvalue weighted by Crippen LogP contribution is -2.52. The molecule has 0 atom stereocenters. The van der Waals surface area contributed by atoms with Crippen molar-refractivity contribution in [2.24, 2.45) is 0 Å². The predicted octanol–water partition coefficient (Wildman–Crippen LogP) is 1.88. The monoisotopic (exact) mass is 220 g/mol. The number of nitrogens with two attached hydrogens (primary N) is 1. The van der Waals surface area contributed by atoms with Gasteiger partial charge in [-0.2, -0.15) is 0 Å². The molecule has 0 radical (unpaired) electrons. The smallest absolute Gasteiger partial charge is 0.0645 e. The molecule has 1 saturated heterocycles. The summed E-state index contributed by atoms with van der Waals surface area (Å²) in [6.45, 7) is 8.00. The van der Waals surface area contributed by atoms with Gasteiger partial charge in [-0.05, 0) is 31.5 Å². The Kier molecular flexibility index (Phi) is 3.17. The molecule has 1 aliphatic rings. The maximum Gasteiger partial charge on any atom is 0.0645 e. The molecule has 3 heteroatoms. The number of anilines is 1. The van der Waals surface area contributed by atoms with Gasteiger partial charge in [-0.25, -0.2) is 0 Å². The van der Waals surface area contributed by atoms with Crippen LogP contribution in [0.4, 0.5) is 5.69 Å². The Bertz CT molecular complexity index is 363. The van der Waals surface area contributed by atoms with Crippen molar-refractivity contribution in [3.05, 3.63) is 29.8 Å². The van der Waals surface area contributed by atoms with E-state index >= 15 is 0 Å². The van der Waals surface area contributed by atoms with Crippen molar-refractivity contribution in [2.45, 2.75) is 25.9 Å². The Labute approximate surface area is 97.2 Å². The normalized spacial score (nSPS) is 20.9. The van der Waals surface area contributed by atoms with Crippen LogP contribution in [0, 0.1) is 0 Å². The number of hydrogen-bond donors (Lipinski definition) is 1. The average molecular weight is 220 g/mol. The third-order valence-corrected chi connectivity index (χ3v) is 3.14. The van der Waals surface area contributed by atoms with E-state index in [0.29, 0.717) is 0 Å². The fraction of sp³-hybridized carbons (Fsp3) is 0.538. The number of hydrogen-bond acceptors (Lipinski definition) is 3. The summed E-state index contributed by atoms with van der Waals surface area (Å²) >= 11 is 0. The highest BCUT2D eigenvalue weighted by atomic mass is 16.5. The highest BCUT2D eigenvalue weighted by Gasteiger charge is 2.30. The lowest BCUT2D eigenvalue weighted by molar-refractivity contribution is -0.0552. The SMILES string of the molecule is CC1(C)COCCN1Cc1cccc(N)c1. The summed E-state index contributed by atoms with van der Waals surface area (Å²) in [5.41, 5.74) is 8.01. The van der Waals surface area contributed by atoms with E-state index in [0.717, 1.165) is 32.0 Å². The Morgan fingerprint density at radius 1 is 1.44 bits per heavy atom. The molecule has 0 amide bonds. The van der Waals surface area contributed by atoms with Gasteiger partial charge in [-0.1, -0.05) is 12.1 Å². The molecule has 1 aliphatic heterocycles. The van der Waals surface area contributed by atoms with Gasteiger partial charge >= 0.3 is 0 Å². The molecule has 0 spiro atoms. The van der Waals surface area contributed by atoms with E-state index in [1.54, 1.807) is 0 Å². The molecule has 88 valence electrons. The van der Waals surface area contributed by atoms with Gasteiger partial charge < -0.3 is 10.5 Å². The molecule has 0 aromatic heterocycles. The van der Waals surface area contributed by atoms with Crippen LogP contribution >= 0.6 is 0 Å². The molecule has 0 aliphatic carbocycles. The minimum absolute atomic E-state index is 0.114. The lowest BCUT2D eigenvalue weighted by Gasteiger charge is -2.42. The Morgan fingerprint density at radius 2 is 2.25 bits per heavy atom. The maximum atomic E-state index is 5.79. The van der Waals surface area contributed by atoms with Gasteiger partial charge in [0.05, 0.1) is 13.2 Å². The second kappa shape index (κ2) is 4.44. The number of ether oxygens (including phenoxy) is 1. The van der Waals surface area contributed by atoms with Crippen molar-refractivity contribution in [3.63, 3.8) is 0 Å². The number of morpholine rings is 1. The van der Waals surface area contributed by atoms with Crippen LogP contribution in [0.15, 0.2) is 24.3 Å². The summed E-state index contributed by atoms with van der Waals surface area (Å²) in [7, 11) is 0. The summed E-state index contributed by atoms with van der Waals surface area (Å²) in [5.74, 6) is 0. The van der Waals surface area contributed by atoms with E-state index in [9.17, 15) is 0 Å². The molecule has 1 aromatic rings. The predicted molar refractivity (Wildman–Crippen MR) is 66.2 cm³/mol. The lowest BCUT2D eigenvalue weighted by atomic mass is 10.0. The largest absolute Gasteiger partial charge is 0.399 e. The van der Waals surface area contributed by atoms with Gasteiger partial charge in [0.2, 0.25) is 0 Å². The first-order chi connectivity index (χ1) is 7.58. The van der Waals surface area contributed by atoms with Crippen molar-refractivity contribution in [3.8, 4) is 0 Å². The summed E-state index contributed by atoms with van der Waals surface area (Å²) in [6.07, 6.45) is 0. The highest BCUT2D eigenvalue weighted by Crippen LogP contribution is 2.22. The van der Waals surface area contributed by atoms with Gasteiger partial charge in [-0.3, -0.25) is 4.90 Å². The molecule has 3 nitrogen and oxygen atoms in total. The first kappa shape index (κ1) is 11.4. The average Bonchev–Trinajstić information content (AvgIpc) is 2.21. The molecule has 0 saturated carbocycles. The van der Waals surface area contributed by atoms with Crippen LogP contribution in [0.2, 0.25) is 0 Å². The van der Waals surface area contributed by atoms with Crippen molar-refractivity contribution in [2.75, 3.05) is 25.5 Å². The summed E-state index contributed by atoms with van der Waals surface area (Å²) < 4.78 is 5.51. The summed E-state index contributed by atoms with van der Waals surface area (Å²) in [5, 5.41) is 0. The van der Waals surface area contributed by atoms with E-state index in [-0.39, 0.29) is 5.54 Å². The quantitative estimate of drug-likeness (QED) is 0.773. The van der Waals surface area contributed by atoms with Crippen LogP contribution in [0.3, 0.4) is 0 Å². The summed E-state index contributed by atoms with van der Waals surface area (Å²) in [4.78, 5) is 2.45. The molecule has 1 aromatic carbocycles. The van der Waals surface area contributed by atoms with Crippen molar-refractivity contribution in [1.29, 1.82) is 0 Å². The van der Waals surface area contributed by atoms with Gasteiger partial charge in [0.15, 0.2) is 0 Å². The fourth-order valence-corrected chi connectivity index (χ4v) is 2.10. The van der Waals surface area contributed by atoms with E-state index in [2.05, 4.69) is 24.8 Å². The zero-order valence-electron chi connectivity index (χ0n) is 10.1. The van der Waals surface area contributed by atoms with Crippen LogP contribution in [-0.4, -0.2) is 30.2 Å². The van der Waals surface area contributed by atoms with Crippen molar-refractivity contribution in [1.82, 2.24) is 4.90 Å². The molecule has 0 unspecified atom stereocenters. The zero-order valence-corrected chi connectivity index (χ0v) is 10.1. The second-order valence-corrected chi connectivity index (χ2v) is 5.03. The Balaban J connectivity index is 2.08. The van der Waals surface area contributed by atoms with Gasteiger partial charge in [0.1, 0.15) is 0 Å². The van der Waals surface area contributed by atoms with Gasteiger partial charge in [0.25, 0.3) is 0 Å². The molecule has 2 N–H and O–H groups in total. The van der Waals surface area contributed by atoms with Crippen molar-refractivity contribution < 1.29 is 4.74 Å². The van der Waals surface area contributed by atoms with Crippen LogP contribution in [0.25, 0.3) is 0 Å². The molecule has 0 bridgehead atoms. The number of rotatable bonds is 2. The number of nitrogen functional groups attached to an aromatic ring is 1. The minimum atomic E-state index is 0.114. The molecule has 1 fully saturated rings. The molecular formula is C13H20N2O. The van der Waals surface area contributed by atoms with Crippen molar-refractivity contribution >= 4 is 5.69 Å². The Morgan fingerprint density at radius 3 is 2.94 bits per heavy atom. The standard InChI is InChI=1S/C13H20N2O/c1-13(2)10-16-7-6-15(13)9-11-4-3-5-12(14)8-11/h3-5,8H,6-7,9-10,14H2,1-2H3. The second-order valence-electron chi connectivity index (χ2n) is 5.03. The maximum absolute atomic E-state index is 5.79. The molecule has 1 heterocycles. The Hall–Kier alpha value is -1.06. The fourth-order valence-electron chi connectivity index (χ4n) is 2.10.